The first-order valence-corrected chi connectivity index (χ1v) is 12.4. The van der Waals surface area contributed by atoms with Crippen LogP contribution in [0.25, 0.3) is 54.9 Å². The van der Waals surface area contributed by atoms with Crippen LogP contribution in [-0.2, 0) is 5.41 Å². The summed E-state index contributed by atoms with van der Waals surface area (Å²) in [4.78, 5) is 0. The second-order valence-corrected chi connectivity index (χ2v) is 10.2. The van der Waals surface area contributed by atoms with Crippen molar-refractivity contribution in [1.29, 1.82) is 0 Å². The van der Waals surface area contributed by atoms with E-state index in [0.29, 0.717) is 0 Å². The lowest BCUT2D eigenvalue weighted by molar-refractivity contribution is 0.660. The first kappa shape index (κ1) is 20.2. The smallest absolute Gasteiger partial charge is 0.0159 e. The summed E-state index contributed by atoms with van der Waals surface area (Å²) in [5, 5.41) is 5.16. The summed E-state index contributed by atoms with van der Waals surface area (Å²) in [6, 6.07) is 44.7. The fraction of sp³-hybridized carbons (Fsp3) is 0.0857. The van der Waals surface area contributed by atoms with Gasteiger partial charge in [-0.3, -0.25) is 0 Å². The first-order valence-electron chi connectivity index (χ1n) is 12.4. The third-order valence-corrected chi connectivity index (χ3v) is 7.86. The predicted molar refractivity (Wildman–Crippen MR) is 150 cm³/mol. The maximum absolute atomic E-state index is 2.43. The molecule has 1 aliphatic carbocycles. The molecule has 0 bridgehead atoms. The van der Waals surface area contributed by atoms with Crippen molar-refractivity contribution in [2.45, 2.75) is 19.3 Å². The van der Waals surface area contributed by atoms with Gasteiger partial charge in [0.1, 0.15) is 0 Å². The molecule has 1 aliphatic rings. The van der Waals surface area contributed by atoms with Gasteiger partial charge in [-0.15, -0.1) is 0 Å². The van der Waals surface area contributed by atoms with Crippen molar-refractivity contribution < 1.29 is 0 Å². The number of fused-ring (bicyclic) bond motifs is 5. The number of hydrogen-bond donors (Lipinski definition) is 0. The molecule has 0 fully saturated rings. The summed E-state index contributed by atoms with van der Waals surface area (Å²) in [5.41, 5.74) is 10.7. The number of rotatable bonds is 2. The van der Waals surface area contributed by atoms with Crippen LogP contribution < -0.4 is 0 Å². The van der Waals surface area contributed by atoms with E-state index in [1.54, 1.807) is 0 Å². The van der Waals surface area contributed by atoms with Crippen LogP contribution in [0.3, 0.4) is 0 Å². The van der Waals surface area contributed by atoms with E-state index in [-0.39, 0.29) is 5.41 Å². The predicted octanol–water partition coefficient (Wildman–Crippen LogP) is 9.63. The largest absolute Gasteiger partial charge is 0.0622 e. The van der Waals surface area contributed by atoms with Gasteiger partial charge in [0.15, 0.2) is 0 Å². The molecule has 0 unspecified atom stereocenters. The molecule has 0 aliphatic heterocycles. The zero-order valence-electron chi connectivity index (χ0n) is 20.0. The third kappa shape index (κ3) is 3.00. The molecule has 0 heterocycles. The van der Waals surface area contributed by atoms with Crippen LogP contribution in [0.1, 0.15) is 25.0 Å². The molecule has 0 saturated carbocycles. The van der Waals surface area contributed by atoms with Crippen molar-refractivity contribution >= 4 is 21.5 Å². The van der Waals surface area contributed by atoms with Gasteiger partial charge in [0.2, 0.25) is 0 Å². The minimum absolute atomic E-state index is 0.00554. The fourth-order valence-electron chi connectivity index (χ4n) is 6.03. The maximum Gasteiger partial charge on any atom is 0.0159 e. The van der Waals surface area contributed by atoms with Gasteiger partial charge in [-0.2, -0.15) is 0 Å². The lowest BCUT2D eigenvalue weighted by Gasteiger charge is -2.22. The van der Waals surface area contributed by atoms with E-state index < -0.39 is 0 Å². The van der Waals surface area contributed by atoms with Gasteiger partial charge in [0.05, 0.1) is 0 Å². The quantitative estimate of drug-likeness (QED) is 0.232. The van der Waals surface area contributed by atoms with Crippen molar-refractivity contribution in [3.8, 4) is 33.4 Å². The SMILES string of the molecule is CC1(C)c2ccccc2-c2ccc(-c3ccc(-c4ccccc4)c4cc5ccccc5cc34)cc21. The normalized spacial score (nSPS) is 13.7. The van der Waals surface area contributed by atoms with Gasteiger partial charge in [-0.25, -0.2) is 0 Å². The summed E-state index contributed by atoms with van der Waals surface area (Å²) < 4.78 is 0. The van der Waals surface area contributed by atoms with E-state index in [0.717, 1.165) is 0 Å². The summed E-state index contributed by atoms with van der Waals surface area (Å²) in [7, 11) is 0. The van der Waals surface area contributed by atoms with Crippen LogP contribution in [0.2, 0.25) is 0 Å². The van der Waals surface area contributed by atoms with Crippen LogP contribution in [-0.4, -0.2) is 0 Å². The summed E-state index contributed by atoms with van der Waals surface area (Å²) in [6.45, 7) is 4.71. The van der Waals surface area contributed by atoms with E-state index in [4.69, 9.17) is 0 Å². The highest BCUT2D eigenvalue weighted by Gasteiger charge is 2.35. The van der Waals surface area contributed by atoms with Crippen LogP contribution in [0.15, 0.2) is 121 Å². The second-order valence-electron chi connectivity index (χ2n) is 10.2. The van der Waals surface area contributed by atoms with Crippen molar-refractivity contribution in [2.75, 3.05) is 0 Å². The van der Waals surface area contributed by atoms with Crippen LogP contribution in [0, 0.1) is 0 Å². The van der Waals surface area contributed by atoms with E-state index in [1.807, 2.05) is 0 Å². The lowest BCUT2D eigenvalue weighted by atomic mass is 9.81. The van der Waals surface area contributed by atoms with Crippen LogP contribution >= 0.6 is 0 Å². The second kappa shape index (κ2) is 7.42. The first-order chi connectivity index (χ1) is 17.1. The van der Waals surface area contributed by atoms with Gasteiger partial charge < -0.3 is 0 Å². The molecule has 0 nitrogen and oxygen atoms in total. The molecule has 0 aromatic heterocycles. The molecule has 0 spiro atoms. The van der Waals surface area contributed by atoms with Crippen molar-refractivity contribution in [1.82, 2.24) is 0 Å². The highest BCUT2D eigenvalue weighted by molar-refractivity contribution is 6.11. The summed E-state index contributed by atoms with van der Waals surface area (Å²) in [6.07, 6.45) is 0. The monoisotopic (exact) mass is 446 g/mol. The zero-order valence-corrected chi connectivity index (χ0v) is 20.0. The average molecular weight is 447 g/mol. The van der Waals surface area contributed by atoms with Gasteiger partial charge in [-0.05, 0) is 84.3 Å². The molecule has 35 heavy (non-hydrogen) atoms. The molecular formula is C35H26. The molecule has 166 valence electrons. The number of hydrogen-bond acceptors (Lipinski definition) is 0. The Kier molecular flexibility index (Phi) is 4.29. The number of benzene rings is 6. The standard InChI is InChI=1S/C35H26/c1-35(2)33-15-9-8-14-29(33)30-17-16-26(22-34(30)35)28-19-18-27(23-10-4-3-5-11-23)31-20-24-12-6-7-13-25(24)21-32(28)31/h3-22H,1-2H3. The van der Waals surface area contributed by atoms with Gasteiger partial charge in [0.25, 0.3) is 0 Å². The van der Waals surface area contributed by atoms with E-state index in [2.05, 4.69) is 135 Å². The minimum Gasteiger partial charge on any atom is -0.0622 e. The Balaban J connectivity index is 1.50. The van der Waals surface area contributed by atoms with Crippen molar-refractivity contribution in [3.05, 3.63) is 132 Å². The Morgan fingerprint density at radius 2 is 0.943 bits per heavy atom. The van der Waals surface area contributed by atoms with E-state index >= 15 is 0 Å². The topological polar surface area (TPSA) is 0 Å². The molecule has 6 aromatic carbocycles. The Morgan fingerprint density at radius 3 is 1.66 bits per heavy atom. The zero-order chi connectivity index (χ0) is 23.6. The summed E-state index contributed by atoms with van der Waals surface area (Å²) >= 11 is 0. The van der Waals surface area contributed by atoms with Crippen molar-refractivity contribution in [3.63, 3.8) is 0 Å². The van der Waals surface area contributed by atoms with E-state index in [9.17, 15) is 0 Å². The van der Waals surface area contributed by atoms with Gasteiger partial charge >= 0.3 is 0 Å². The van der Waals surface area contributed by atoms with Gasteiger partial charge in [-0.1, -0.05) is 117 Å². The third-order valence-electron chi connectivity index (χ3n) is 7.86. The highest BCUT2D eigenvalue weighted by atomic mass is 14.4. The Bertz CT molecular complexity index is 1750. The maximum atomic E-state index is 2.43. The fourth-order valence-corrected chi connectivity index (χ4v) is 6.03. The Labute approximate surface area is 206 Å². The summed E-state index contributed by atoms with van der Waals surface area (Å²) in [5.74, 6) is 0. The molecule has 0 atom stereocenters. The Hall–Kier alpha value is -4.16. The molecular weight excluding hydrogens is 420 g/mol. The molecule has 0 saturated heterocycles. The molecule has 0 heteroatoms. The van der Waals surface area contributed by atoms with Crippen molar-refractivity contribution in [2.24, 2.45) is 0 Å². The minimum atomic E-state index is -0.00554. The molecule has 0 radical (unpaired) electrons. The van der Waals surface area contributed by atoms with Crippen LogP contribution in [0.4, 0.5) is 0 Å². The van der Waals surface area contributed by atoms with Gasteiger partial charge in [0, 0.05) is 5.41 Å². The van der Waals surface area contributed by atoms with Crippen LogP contribution in [0.5, 0.6) is 0 Å². The molecule has 0 amide bonds. The van der Waals surface area contributed by atoms with E-state index in [1.165, 1.54) is 66.1 Å². The molecule has 0 N–H and O–H groups in total. The average Bonchev–Trinajstić information content (AvgIpc) is 3.14. The molecule has 6 aromatic rings. The highest BCUT2D eigenvalue weighted by Crippen LogP contribution is 2.50. The molecule has 7 rings (SSSR count). The Morgan fingerprint density at radius 1 is 0.400 bits per heavy atom. The lowest BCUT2D eigenvalue weighted by Crippen LogP contribution is -2.14.